The lowest BCUT2D eigenvalue weighted by Gasteiger charge is -2.25. The molecular weight excluding hydrogens is 356 g/mol. The Morgan fingerprint density at radius 1 is 0.880 bits per heavy atom. The molecule has 0 radical (unpaired) electrons. The molecule has 0 aliphatic carbocycles. The van der Waals surface area contributed by atoms with Crippen molar-refractivity contribution in [3.05, 3.63) is 89.4 Å². The predicted octanol–water partition coefficient (Wildman–Crippen LogP) is 4.32. The smallest absolute Gasteiger partial charge is 0.266 e. The average molecular weight is 373 g/mol. The number of benzene rings is 3. The van der Waals surface area contributed by atoms with Gasteiger partial charge in [-0.05, 0) is 35.9 Å². The highest BCUT2D eigenvalue weighted by molar-refractivity contribution is 7.93. The molecule has 0 spiro atoms. The van der Waals surface area contributed by atoms with E-state index in [4.69, 9.17) is 17.3 Å². The molecule has 25 heavy (non-hydrogen) atoms. The zero-order valence-corrected chi connectivity index (χ0v) is 14.9. The van der Waals surface area contributed by atoms with Crippen LogP contribution in [-0.2, 0) is 16.6 Å². The first kappa shape index (κ1) is 17.3. The van der Waals surface area contributed by atoms with Crippen LogP contribution in [0.5, 0.6) is 0 Å². The van der Waals surface area contributed by atoms with Gasteiger partial charge in [0.15, 0.2) is 0 Å². The Bertz CT molecular complexity index is 975. The maximum absolute atomic E-state index is 13.3. The zero-order chi connectivity index (χ0) is 17.9. The molecule has 3 aromatic rings. The van der Waals surface area contributed by atoms with Crippen LogP contribution in [-0.4, -0.2) is 8.42 Å². The van der Waals surface area contributed by atoms with Crippen molar-refractivity contribution in [2.75, 3.05) is 10.0 Å². The lowest BCUT2D eigenvalue weighted by atomic mass is 10.2. The van der Waals surface area contributed by atoms with Crippen LogP contribution in [0.2, 0.25) is 5.02 Å². The number of anilines is 2. The van der Waals surface area contributed by atoms with Gasteiger partial charge in [0, 0.05) is 5.69 Å². The minimum Gasteiger partial charge on any atom is -0.399 e. The Kier molecular flexibility index (Phi) is 4.97. The Morgan fingerprint density at radius 3 is 2.24 bits per heavy atom. The normalized spacial score (nSPS) is 11.2. The van der Waals surface area contributed by atoms with Crippen LogP contribution >= 0.6 is 11.6 Å². The van der Waals surface area contributed by atoms with Crippen molar-refractivity contribution < 1.29 is 8.42 Å². The quantitative estimate of drug-likeness (QED) is 0.678. The summed E-state index contributed by atoms with van der Waals surface area (Å²) in [7, 11) is -3.85. The second-order valence-corrected chi connectivity index (χ2v) is 7.76. The topological polar surface area (TPSA) is 63.4 Å². The van der Waals surface area contributed by atoms with Gasteiger partial charge in [-0.2, -0.15) is 0 Å². The predicted molar refractivity (Wildman–Crippen MR) is 102 cm³/mol. The fourth-order valence-electron chi connectivity index (χ4n) is 2.52. The SMILES string of the molecule is Nc1cccc(N(Cc2ccccc2)S(=O)(=O)c2ccccc2Cl)c1. The summed E-state index contributed by atoms with van der Waals surface area (Å²) in [6.45, 7) is 0.178. The molecule has 6 heteroatoms. The molecule has 0 aliphatic rings. The second kappa shape index (κ2) is 7.17. The molecule has 3 aromatic carbocycles. The summed E-state index contributed by atoms with van der Waals surface area (Å²) in [5.74, 6) is 0. The maximum atomic E-state index is 13.3. The molecule has 2 N–H and O–H groups in total. The third-order valence-electron chi connectivity index (χ3n) is 3.73. The van der Waals surface area contributed by atoms with E-state index in [1.165, 1.54) is 10.4 Å². The van der Waals surface area contributed by atoms with Crippen molar-refractivity contribution in [3.8, 4) is 0 Å². The molecule has 0 bridgehead atoms. The minimum absolute atomic E-state index is 0.0648. The van der Waals surface area contributed by atoms with E-state index < -0.39 is 10.0 Å². The Balaban J connectivity index is 2.12. The van der Waals surface area contributed by atoms with E-state index >= 15 is 0 Å². The molecule has 128 valence electrons. The van der Waals surface area contributed by atoms with Gasteiger partial charge in [0.1, 0.15) is 4.90 Å². The highest BCUT2D eigenvalue weighted by Crippen LogP contribution is 2.30. The second-order valence-electron chi connectivity index (χ2n) is 5.52. The van der Waals surface area contributed by atoms with Gasteiger partial charge in [0.05, 0.1) is 17.3 Å². The van der Waals surface area contributed by atoms with E-state index in [9.17, 15) is 8.42 Å². The third-order valence-corrected chi connectivity index (χ3v) is 6.01. The van der Waals surface area contributed by atoms with E-state index in [0.29, 0.717) is 11.4 Å². The Labute approximate surface area is 152 Å². The van der Waals surface area contributed by atoms with E-state index in [1.807, 2.05) is 30.3 Å². The summed E-state index contributed by atoms with van der Waals surface area (Å²) in [5.41, 5.74) is 7.70. The molecule has 0 unspecified atom stereocenters. The summed E-state index contributed by atoms with van der Waals surface area (Å²) in [6.07, 6.45) is 0. The molecule has 0 saturated carbocycles. The zero-order valence-electron chi connectivity index (χ0n) is 13.3. The standard InChI is InChI=1S/C19H17ClN2O2S/c20-18-11-4-5-12-19(18)25(23,24)22(14-15-7-2-1-3-8-15)17-10-6-9-16(21)13-17/h1-13H,14,21H2. The van der Waals surface area contributed by atoms with Crippen molar-refractivity contribution in [1.29, 1.82) is 0 Å². The van der Waals surface area contributed by atoms with Gasteiger partial charge >= 0.3 is 0 Å². The van der Waals surface area contributed by atoms with Crippen molar-refractivity contribution in [2.45, 2.75) is 11.4 Å². The Morgan fingerprint density at radius 2 is 1.56 bits per heavy atom. The maximum Gasteiger partial charge on any atom is 0.266 e. The van der Waals surface area contributed by atoms with Gasteiger partial charge in [0.25, 0.3) is 10.0 Å². The highest BCUT2D eigenvalue weighted by atomic mass is 35.5. The average Bonchev–Trinajstić information content (AvgIpc) is 2.60. The van der Waals surface area contributed by atoms with Crippen molar-refractivity contribution in [3.63, 3.8) is 0 Å². The summed E-state index contributed by atoms with van der Waals surface area (Å²) in [6, 6.07) is 22.6. The fraction of sp³-hybridized carbons (Fsp3) is 0.0526. The number of nitrogen functional groups attached to an aromatic ring is 1. The first-order valence-corrected chi connectivity index (χ1v) is 9.47. The van der Waals surface area contributed by atoms with Gasteiger partial charge in [-0.25, -0.2) is 8.42 Å². The van der Waals surface area contributed by atoms with E-state index in [-0.39, 0.29) is 16.5 Å². The van der Waals surface area contributed by atoms with Crippen LogP contribution in [0.3, 0.4) is 0 Å². The number of nitrogens with two attached hydrogens (primary N) is 1. The van der Waals surface area contributed by atoms with Crippen LogP contribution in [0.25, 0.3) is 0 Å². The van der Waals surface area contributed by atoms with Gasteiger partial charge < -0.3 is 5.73 Å². The van der Waals surface area contributed by atoms with Gasteiger partial charge in [-0.3, -0.25) is 4.31 Å². The lowest BCUT2D eigenvalue weighted by Crippen LogP contribution is -2.30. The molecule has 0 aliphatic heterocycles. The molecule has 3 rings (SSSR count). The summed E-state index contributed by atoms with van der Waals surface area (Å²) >= 11 is 6.14. The molecule has 0 saturated heterocycles. The van der Waals surface area contributed by atoms with Gasteiger partial charge in [-0.1, -0.05) is 60.1 Å². The van der Waals surface area contributed by atoms with Crippen LogP contribution in [0.1, 0.15) is 5.56 Å². The van der Waals surface area contributed by atoms with Crippen LogP contribution < -0.4 is 10.0 Å². The lowest BCUT2D eigenvalue weighted by molar-refractivity contribution is 0.590. The van der Waals surface area contributed by atoms with E-state index in [1.54, 1.807) is 42.5 Å². The first-order valence-electron chi connectivity index (χ1n) is 7.65. The van der Waals surface area contributed by atoms with Gasteiger partial charge in [0.2, 0.25) is 0 Å². The number of rotatable bonds is 5. The largest absolute Gasteiger partial charge is 0.399 e. The van der Waals surface area contributed by atoms with Crippen LogP contribution in [0.4, 0.5) is 11.4 Å². The summed E-state index contributed by atoms with van der Waals surface area (Å²) < 4.78 is 27.9. The minimum atomic E-state index is -3.85. The molecule has 0 atom stereocenters. The third kappa shape index (κ3) is 3.78. The highest BCUT2D eigenvalue weighted by Gasteiger charge is 2.27. The monoisotopic (exact) mass is 372 g/mol. The number of hydrogen-bond acceptors (Lipinski definition) is 3. The first-order chi connectivity index (χ1) is 12.0. The molecule has 4 nitrogen and oxygen atoms in total. The summed E-state index contributed by atoms with van der Waals surface area (Å²) in [4.78, 5) is 0.0648. The molecular formula is C19H17ClN2O2S. The van der Waals surface area contributed by atoms with E-state index in [2.05, 4.69) is 0 Å². The fourth-order valence-corrected chi connectivity index (χ4v) is 4.46. The molecule has 0 amide bonds. The number of halogens is 1. The van der Waals surface area contributed by atoms with Gasteiger partial charge in [-0.15, -0.1) is 0 Å². The van der Waals surface area contributed by atoms with Crippen LogP contribution in [0.15, 0.2) is 83.8 Å². The molecule has 0 aromatic heterocycles. The van der Waals surface area contributed by atoms with Crippen LogP contribution in [0, 0.1) is 0 Å². The van der Waals surface area contributed by atoms with Crippen molar-refractivity contribution in [1.82, 2.24) is 0 Å². The molecule has 0 heterocycles. The number of sulfonamides is 1. The number of nitrogens with zero attached hydrogens (tertiary/aromatic N) is 1. The Hall–Kier alpha value is -2.50. The van der Waals surface area contributed by atoms with Crippen molar-refractivity contribution >= 4 is 33.0 Å². The molecule has 0 fully saturated rings. The van der Waals surface area contributed by atoms with Crippen molar-refractivity contribution in [2.24, 2.45) is 0 Å². The number of hydrogen-bond donors (Lipinski definition) is 1. The summed E-state index contributed by atoms with van der Waals surface area (Å²) in [5, 5.41) is 0.185. The van der Waals surface area contributed by atoms with E-state index in [0.717, 1.165) is 5.56 Å².